The van der Waals surface area contributed by atoms with Crippen LogP contribution in [0, 0.1) is 6.92 Å². The van der Waals surface area contributed by atoms with Crippen molar-refractivity contribution in [2.45, 2.75) is 19.8 Å². The zero-order valence-electron chi connectivity index (χ0n) is 17.5. The van der Waals surface area contributed by atoms with Crippen LogP contribution in [-0.2, 0) is 24.8 Å². The average molecular weight is 454 g/mol. The Labute approximate surface area is 178 Å². The van der Waals surface area contributed by atoms with Crippen LogP contribution in [0.25, 0.3) is 0 Å². The number of carbonyl (C=O) groups is 1. The number of sulfonamides is 2. The van der Waals surface area contributed by atoms with Gasteiger partial charge in [0, 0.05) is 25.7 Å². The summed E-state index contributed by atoms with van der Waals surface area (Å²) in [5.41, 5.74) is 2.47. The van der Waals surface area contributed by atoms with Crippen molar-refractivity contribution in [3.05, 3.63) is 54.1 Å². The van der Waals surface area contributed by atoms with E-state index < -0.39 is 20.0 Å². The fraction of sp³-hybridized carbons (Fsp3) is 0.350. The van der Waals surface area contributed by atoms with Crippen molar-refractivity contribution in [1.29, 1.82) is 0 Å². The van der Waals surface area contributed by atoms with Gasteiger partial charge in [-0.2, -0.15) is 0 Å². The molecule has 0 spiro atoms. The van der Waals surface area contributed by atoms with E-state index in [2.05, 4.69) is 5.32 Å². The maximum Gasteiger partial charge on any atom is 0.232 e. The first-order valence-electron chi connectivity index (χ1n) is 9.26. The molecule has 2 aromatic rings. The summed E-state index contributed by atoms with van der Waals surface area (Å²) in [7, 11) is -5.46. The third kappa shape index (κ3) is 6.74. The van der Waals surface area contributed by atoms with E-state index in [4.69, 9.17) is 0 Å². The molecule has 0 fully saturated rings. The normalized spacial score (nSPS) is 11.7. The number of nitrogens with zero attached hydrogens (tertiary/aromatic N) is 2. The summed E-state index contributed by atoms with van der Waals surface area (Å²) in [4.78, 5) is 12.3. The molecule has 10 heteroatoms. The fourth-order valence-corrected chi connectivity index (χ4v) is 4.24. The van der Waals surface area contributed by atoms with Gasteiger partial charge in [0.15, 0.2) is 0 Å². The molecular formula is C20H27N3O5S2. The van der Waals surface area contributed by atoms with Gasteiger partial charge < -0.3 is 5.32 Å². The van der Waals surface area contributed by atoms with Crippen molar-refractivity contribution in [3.63, 3.8) is 0 Å². The van der Waals surface area contributed by atoms with Crippen LogP contribution in [-0.4, -0.2) is 48.8 Å². The number of nitrogens with one attached hydrogen (secondary N) is 1. The summed E-state index contributed by atoms with van der Waals surface area (Å²) in [6, 6.07) is 13.6. The van der Waals surface area contributed by atoms with Crippen molar-refractivity contribution < 1.29 is 21.6 Å². The standard InChI is InChI=1S/C20H27N3O5S2/c1-16-10-12-18(13-11-16)23(30(4,27)28)14-6-9-20(24)21-17-7-5-8-19(15-17)22(2)29(3,25)26/h5,7-8,10-13,15H,6,9,14H2,1-4H3,(H,21,24). The highest BCUT2D eigenvalue weighted by Gasteiger charge is 2.18. The van der Waals surface area contributed by atoms with E-state index in [0.717, 1.165) is 22.4 Å². The molecule has 0 aliphatic carbocycles. The van der Waals surface area contributed by atoms with E-state index in [1.165, 1.54) is 11.4 Å². The van der Waals surface area contributed by atoms with E-state index in [-0.39, 0.29) is 18.9 Å². The van der Waals surface area contributed by atoms with Crippen molar-refractivity contribution in [2.75, 3.05) is 40.0 Å². The summed E-state index contributed by atoms with van der Waals surface area (Å²) in [6.07, 6.45) is 2.68. The highest BCUT2D eigenvalue weighted by atomic mass is 32.2. The van der Waals surface area contributed by atoms with Crippen LogP contribution in [0.4, 0.5) is 17.1 Å². The van der Waals surface area contributed by atoms with Crippen molar-refractivity contribution >= 4 is 43.0 Å². The van der Waals surface area contributed by atoms with E-state index in [0.29, 0.717) is 23.5 Å². The predicted molar refractivity (Wildman–Crippen MR) is 121 cm³/mol. The molecule has 0 aliphatic rings. The number of amides is 1. The molecule has 0 heterocycles. The number of rotatable bonds is 9. The Balaban J connectivity index is 1.99. The third-order valence-corrected chi connectivity index (χ3v) is 6.88. The average Bonchev–Trinajstić information content (AvgIpc) is 2.64. The second-order valence-electron chi connectivity index (χ2n) is 7.10. The molecule has 0 aromatic heterocycles. The Hall–Kier alpha value is -2.59. The maximum atomic E-state index is 12.3. The van der Waals surface area contributed by atoms with E-state index >= 15 is 0 Å². The van der Waals surface area contributed by atoms with Gasteiger partial charge in [-0.3, -0.25) is 13.4 Å². The molecule has 0 radical (unpaired) electrons. The number of hydrogen-bond acceptors (Lipinski definition) is 5. The number of aryl methyl sites for hydroxylation is 1. The quantitative estimate of drug-likeness (QED) is 0.628. The predicted octanol–water partition coefficient (Wildman–Crippen LogP) is 2.58. The zero-order valence-corrected chi connectivity index (χ0v) is 19.1. The molecule has 1 N–H and O–H groups in total. The van der Waals surface area contributed by atoms with Crippen LogP contribution >= 0.6 is 0 Å². The highest BCUT2D eigenvalue weighted by Crippen LogP contribution is 2.21. The number of benzene rings is 2. The van der Waals surface area contributed by atoms with Gasteiger partial charge in [0.25, 0.3) is 0 Å². The van der Waals surface area contributed by atoms with Crippen molar-refractivity contribution in [2.24, 2.45) is 0 Å². The van der Waals surface area contributed by atoms with Crippen molar-refractivity contribution in [1.82, 2.24) is 0 Å². The molecule has 2 aromatic carbocycles. The first-order valence-corrected chi connectivity index (χ1v) is 13.0. The van der Waals surface area contributed by atoms with Crippen LogP contribution in [0.1, 0.15) is 18.4 Å². The fourth-order valence-electron chi connectivity index (χ4n) is 2.78. The first-order chi connectivity index (χ1) is 13.9. The van der Waals surface area contributed by atoms with Crippen molar-refractivity contribution in [3.8, 4) is 0 Å². The Morgan fingerprint density at radius 3 is 2.13 bits per heavy atom. The molecule has 0 aliphatic heterocycles. The van der Waals surface area contributed by atoms with Gasteiger partial charge in [-0.05, 0) is 43.7 Å². The molecule has 1 amide bonds. The lowest BCUT2D eigenvalue weighted by atomic mass is 10.2. The van der Waals surface area contributed by atoms with Gasteiger partial charge in [-0.1, -0.05) is 23.8 Å². The molecule has 8 nitrogen and oxygen atoms in total. The van der Waals surface area contributed by atoms with E-state index in [1.54, 1.807) is 36.4 Å². The summed E-state index contributed by atoms with van der Waals surface area (Å²) >= 11 is 0. The number of anilines is 3. The first kappa shape index (κ1) is 23.7. The molecular weight excluding hydrogens is 426 g/mol. The van der Waals surface area contributed by atoms with Crippen LogP contribution < -0.4 is 13.9 Å². The van der Waals surface area contributed by atoms with Gasteiger partial charge in [0.05, 0.1) is 23.9 Å². The summed E-state index contributed by atoms with van der Waals surface area (Å²) in [5.74, 6) is -0.286. The Bertz CT molecular complexity index is 1100. The van der Waals surface area contributed by atoms with E-state index in [9.17, 15) is 21.6 Å². The van der Waals surface area contributed by atoms with Gasteiger partial charge in [-0.25, -0.2) is 16.8 Å². The van der Waals surface area contributed by atoms with Gasteiger partial charge in [-0.15, -0.1) is 0 Å². The third-order valence-electron chi connectivity index (χ3n) is 4.48. The lowest BCUT2D eigenvalue weighted by Gasteiger charge is -2.22. The molecule has 0 bridgehead atoms. The Morgan fingerprint density at radius 2 is 1.57 bits per heavy atom. The lowest BCUT2D eigenvalue weighted by Crippen LogP contribution is -2.31. The molecule has 0 unspecified atom stereocenters. The van der Waals surface area contributed by atoms with Gasteiger partial charge in [0.1, 0.15) is 0 Å². The largest absolute Gasteiger partial charge is 0.326 e. The molecule has 0 atom stereocenters. The molecule has 0 saturated heterocycles. The second kappa shape index (κ2) is 9.48. The SMILES string of the molecule is Cc1ccc(N(CCCC(=O)Nc2cccc(N(C)S(C)(=O)=O)c2)S(C)(=O)=O)cc1. The smallest absolute Gasteiger partial charge is 0.232 e. The Morgan fingerprint density at radius 1 is 0.933 bits per heavy atom. The Kier molecular flexibility index (Phi) is 7.49. The molecule has 0 saturated carbocycles. The zero-order chi connectivity index (χ0) is 22.5. The monoisotopic (exact) mass is 453 g/mol. The minimum absolute atomic E-state index is 0.115. The summed E-state index contributed by atoms with van der Waals surface area (Å²) < 4.78 is 50.0. The van der Waals surface area contributed by atoms with Gasteiger partial charge in [0.2, 0.25) is 26.0 Å². The summed E-state index contributed by atoms with van der Waals surface area (Å²) in [5, 5.41) is 2.72. The second-order valence-corrected chi connectivity index (χ2v) is 11.0. The number of carbonyl (C=O) groups excluding carboxylic acids is 1. The maximum absolute atomic E-state index is 12.3. The summed E-state index contributed by atoms with van der Waals surface area (Å²) in [6.45, 7) is 2.09. The van der Waals surface area contributed by atoms with Gasteiger partial charge >= 0.3 is 0 Å². The molecule has 164 valence electrons. The number of hydrogen-bond donors (Lipinski definition) is 1. The molecule has 30 heavy (non-hydrogen) atoms. The molecule has 2 rings (SSSR count). The van der Waals surface area contributed by atoms with E-state index in [1.807, 2.05) is 19.1 Å². The van der Waals surface area contributed by atoms with Crippen LogP contribution in [0.15, 0.2) is 48.5 Å². The topological polar surface area (TPSA) is 104 Å². The minimum atomic E-state index is -3.48. The van der Waals surface area contributed by atoms with Crippen LogP contribution in [0.3, 0.4) is 0 Å². The minimum Gasteiger partial charge on any atom is -0.326 e. The van der Waals surface area contributed by atoms with Crippen LogP contribution in [0.5, 0.6) is 0 Å². The lowest BCUT2D eigenvalue weighted by molar-refractivity contribution is -0.116. The highest BCUT2D eigenvalue weighted by molar-refractivity contribution is 7.92. The van der Waals surface area contributed by atoms with Crippen LogP contribution in [0.2, 0.25) is 0 Å².